The quantitative estimate of drug-likeness (QED) is 0.331. The molecule has 2 aromatic heterocycles. The highest BCUT2D eigenvalue weighted by Gasteiger charge is 2.27. The maximum Gasteiger partial charge on any atom is 0.329 e. The van der Waals surface area contributed by atoms with Gasteiger partial charge in [-0.05, 0) is 12.1 Å². The van der Waals surface area contributed by atoms with Gasteiger partial charge in [0.05, 0.1) is 39.2 Å². The van der Waals surface area contributed by atoms with Crippen LogP contribution in [0, 0.1) is 10.1 Å². The van der Waals surface area contributed by atoms with Crippen molar-refractivity contribution < 1.29 is 4.92 Å². The Morgan fingerprint density at radius 2 is 2.04 bits per heavy atom. The van der Waals surface area contributed by atoms with Crippen LogP contribution < -0.4 is 16.0 Å². The van der Waals surface area contributed by atoms with Crippen molar-refractivity contribution in [3.8, 4) is 0 Å². The fourth-order valence-corrected chi connectivity index (χ4v) is 3.45. The van der Waals surface area contributed by atoms with Gasteiger partial charge in [-0.15, -0.1) is 0 Å². The number of hydrogen-bond donors (Lipinski definition) is 3. The molecule has 0 aliphatic carbocycles. The second-order valence-corrected chi connectivity index (χ2v) is 6.95. The number of hydrogen-bond acceptors (Lipinski definition) is 8. The highest BCUT2D eigenvalue weighted by atomic mass is 35.5. The highest BCUT2D eigenvalue weighted by molar-refractivity contribution is 6.39. The van der Waals surface area contributed by atoms with Crippen molar-refractivity contribution in [1.29, 1.82) is 0 Å². The van der Waals surface area contributed by atoms with Crippen molar-refractivity contribution in [2.45, 2.75) is 13.0 Å². The van der Waals surface area contributed by atoms with Gasteiger partial charge in [0.2, 0.25) is 11.8 Å². The summed E-state index contributed by atoms with van der Waals surface area (Å²) in [6, 6.07) is 3.15. The van der Waals surface area contributed by atoms with Crippen LogP contribution >= 0.6 is 23.2 Å². The molecule has 4 rings (SSSR count). The predicted molar refractivity (Wildman–Crippen MR) is 106 cm³/mol. The van der Waals surface area contributed by atoms with Gasteiger partial charge in [-0.25, -0.2) is 9.97 Å². The van der Waals surface area contributed by atoms with E-state index in [1.54, 1.807) is 23.4 Å². The molecule has 28 heavy (non-hydrogen) atoms. The molecule has 3 aromatic rings. The molecular weight excluding hydrogens is 407 g/mol. The summed E-state index contributed by atoms with van der Waals surface area (Å²) in [5.41, 5.74) is 8.19. The molecule has 1 aromatic carbocycles. The van der Waals surface area contributed by atoms with Crippen LogP contribution in [0.15, 0.2) is 24.7 Å². The van der Waals surface area contributed by atoms with Crippen molar-refractivity contribution in [2.24, 2.45) is 0 Å². The number of nitrogens with zero attached hydrogens (tertiary/aromatic N) is 5. The lowest BCUT2D eigenvalue weighted by Crippen LogP contribution is -2.32. The Hall–Kier alpha value is -3.11. The number of H-pyrrole nitrogens is 1. The minimum absolute atomic E-state index is 0.172. The first-order valence-electron chi connectivity index (χ1n) is 8.21. The van der Waals surface area contributed by atoms with Gasteiger partial charge in [-0.1, -0.05) is 23.2 Å². The van der Waals surface area contributed by atoms with Gasteiger partial charge in [0.1, 0.15) is 6.20 Å². The van der Waals surface area contributed by atoms with E-state index in [2.05, 4.69) is 25.3 Å². The number of benzene rings is 1. The van der Waals surface area contributed by atoms with Gasteiger partial charge in [-0.3, -0.25) is 10.1 Å². The van der Waals surface area contributed by atoms with Gasteiger partial charge >= 0.3 is 5.69 Å². The molecule has 0 radical (unpaired) electrons. The predicted octanol–water partition coefficient (Wildman–Crippen LogP) is 3.30. The number of imidazole rings is 1. The molecule has 12 heteroatoms. The first-order chi connectivity index (χ1) is 13.4. The summed E-state index contributed by atoms with van der Waals surface area (Å²) in [7, 11) is 0. The normalized spacial score (nSPS) is 13.3. The van der Waals surface area contributed by atoms with Crippen molar-refractivity contribution in [3.05, 3.63) is 56.2 Å². The number of aromatic amines is 1. The number of rotatable bonds is 4. The number of aromatic nitrogens is 4. The number of nitro groups is 1. The Balaban J connectivity index is 1.67. The summed E-state index contributed by atoms with van der Waals surface area (Å²) in [5, 5.41) is 15.0. The monoisotopic (exact) mass is 420 g/mol. The Morgan fingerprint density at radius 3 is 2.75 bits per heavy atom. The topological polar surface area (TPSA) is 139 Å². The van der Waals surface area contributed by atoms with Crippen molar-refractivity contribution >= 4 is 52.0 Å². The third kappa shape index (κ3) is 3.39. The molecule has 0 amide bonds. The van der Waals surface area contributed by atoms with E-state index in [1.165, 1.54) is 6.20 Å². The Labute approximate surface area is 168 Å². The van der Waals surface area contributed by atoms with E-state index < -0.39 is 4.92 Å². The van der Waals surface area contributed by atoms with E-state index in [9.17, 15) is 10.1 Å². The highest BCUT2D eigenvalue weighted by Crippen LogP contribution is 2.33. The molecule has 0 saturated carbocycles. The Kier molecular flexibility index (Phi) is 4.65. The maximum atomic E-state index is 11.5. The number of nitrogens with two attached hydrogens (primary N) is 1. The summed E-state index contributed by atoms with van der Waals surface area (Å²) in [6.07, 6.45) is 3.47. The zero-order valence-corrected chi connectivity index (χ0v) is 15.8. The summed E-state index contributed by atoms with van der Waals surface area (Å²) >= 11 is 12.1. The summed E-state index contributed by atoms with van der Waals surface area (Å²) in [6.45, 7) is 0.974. The lowest BCUT2D eigenvalue weighted by Gasteiger charge is -2.26. The number of anilines is 4. The van der Waals surface area contributed by atoms with E-state index in [4.69, 9.17) is 28.9 Å². The fraction of sp³-hybridized carbons (Fsp3) is 0.188. The molecule has 0 unspecified atom stereocenters. The molecule has 144 valence electrons. The standard InChI is InChI=1S/C16H14Cl2N8O2/c17-9-3-8(4-10(18)14(9)19)23-16-20-5-13(26(27)28)15(24-16)25-2-1-11-12(6-25)22-7-21-11/h3-5,7H,1-2,6,19H2,(H,21,22)(H,20,23,24). The minimum atomic E-state index is -0.504. The molecule has 1 aliphatic heterocycles. The third-order valence-electron chi connectivity index (χ3n) is 4.36. The average molecular weight is 421 g/mol. The summed E-state index contributed by atoms with van der Waals surface area (Å²) in [5.74, 6) is 0.383. The molecule has 3 heterocycles. The number of halogens is 2. The van der Waals surface area contributed by atoms with E-state index in [-0.39, 0.29) is 33.2 Å². The van der Waals surface area contributed by atoms with Crippen molar-refractivity contribution in [3.63, 3.8) is 0 Å². The molecule has 0 fully saturated rings. The van der Waals surface area contributed by atoms with Gasteiger partial charge in [0.25, 0.3) is 0 Å². The Morgan fingerprint density at radius 1 is 1.29 bits per heavy atom. The number of nitrogens with one attached hydrogen (secondary N) is 2. The van der Waals surface area contributed by atoms with E-state index in [0.29, 0.717) is 25.2 Å². The molecule has 0 saturated heterocycles. The zero-order chi connectivity index (χ0) is 19.8. The second-order valence-electron chi connectivity index (χ2n) is 6.14. The van der Waals surface area contributed by atoms with Gasteiger partial charge in [0, 0.05) is 24.3 Å². The molecule has 0 bridgehead atoms. The third-order valence-corrected chi connectivity index (χ3v) is 4.99. The lowest BCUT2D eigenvalue weighted by atomic mass is 10.1. The van der Waals surface area contributed by atoms with Gasteiger partial charge in [-0.2, -0.15) is 4.98 Å². The summed E-state index contributed by atoms with van der Waals surface area (Å²) < 4.78 is 0. The lowest BCUT2D eigenvalue weighted by molar-refractivity contribution is -0.384. The van der Waals surface area contributed by atoms with E-state index >= 15 is 0 Å². The number of fused-ring (bicyclic) bond motifs is 1. The van der Waals surface area contributed by atoms with Gasteiger partial charge < -0.3 is 20.9 Å². The fourth-order valence-electron chi connectivity index (χ4n) is 2.96. The van der Waals surface area contributed by atoms with Crippen LogP contribution in [-0.2, 0) is 13.0 Å². The molecular formula is C16H14Cl2N8O2. The van der Waals surface area contributed by atoms with Crippen LogP contribution in [-0.4, -0.2) is 31.4 Å². The molecule has 0 atom stereocenters. The van der Waals surface area contributed by atoms with Gasteiger partial charge in [0.15, 0.2) is 0 Å². The summed E-state index contributed by atoms with van der Waals surface area (Å²) in [4.78, 5) is 28.5. The van der Waals surface area contributed by atoms with Crippen LogP contribution in [0.2, 0.25) is 10.0 Å². The van der Waals surface area contributed by atoms with E-state index in [0.717, 1.165) is 11.4 Å². The van der Waals surface area contributed by atoms with Crippen LogP contribution in [0.4, 0.5) is 28.8 Å². The van der Waals surface area contributed by atoms with Crippen LogP contribution in [0.3, 0.4) is 0 Å². The van der Waals surface area contributed by atoms with Crippen molar-refractivity contribution in [2.75, 3.05) is 22.5 Å². The van der Waals surface area contributed by atoms with E-state index in [1.807, 2.05) is 0 Å². The SMILES string of the molecule is Nc1c(Cl)cc(Nc2ncc([N+](=O)[O-])c(N3CCc4[nH]cnc4C3)n2)cc1Cl. The molecule has 0 spiro atoms. The molecule has 4 N–H and O–H groups in total. The van der Waals surface area contributed by atoms with Crippen LogP contribution in [0.25, 0.3) is 0 Å². The maximum absolute atomic E-state index is 11.5. The van der Waals surface area contributed by atoms with Crippen LogP contribution in [0.5, 0.6) is 0 Å². The molecule has 1 aliphatic rings. The second kappa shape index (κ2) is 7.13. The first kappa shape index (κ1) is 18.3. The largest absolute Gasteiger partial charge is 0.396 e. The van der Waals surface area contributed by atoms with Crippen molar-refractivity contribution in [1.82, 2.24) is 19.9 Å². The average Bonchev–Trinajstić information content (AvgIpc) is 3.13. The number of nitrogen functional groups attached to an aromatic ring is 1. The minimum Gasteiger partial charge on any atom is -0.396 e. The smallest absolute Gasteiger partial charge is 0.329 e. The molecule has 10 nitrogen and oxygen atoms in total. The Bertz CT molecular complexity index is 1050. The first-order valence-corrected chi connectivity index (χ1v) is 8.97. The van der Waals surface area contributed by atoms with Crippen LogP contribution in [0.1, 0.15) is 11.4 Å². The zero-order valence-electron chi connectivity index (χ0n) is 14.3.